The molecule has 0 bridgehead atoms. The first-order chi connectivity index (χ1) is 12.6. The Morgan fingerprint density at radius 1 is 1.08 bits per heavy atom. The summed E-state index contributed by atoms with van der Waals surface area (Å²) in [6, 6.07) is 20.3. The third-order valence-corrected chi connectivity index (χ3v) is 5.46. The van der Waals surface area contributed by atoms with Crippen LogP contribution in [0.1, 0.15) is 23.6 Å². The number of hydrogen-bond acceptors (Lipinski definition) is 3. The summed E-state index contributed by atoms with van der Waals surface area (Å²) in [6.07, 6.45) is 0.698. The van der Waals surface area contributed by atoms with Crippen molar-refractivity contribution in [1.82, 2.24) is 10.9 Å². The minimum atomic E-state index is -0.285. The number of amides is 1. The summed E-state index contributed by atoms with van der Waals surface area (Å²) < 4.78 is 0.891. The third kappa shape index (κ3) is 3.38. The van der Waals surface area contributed by atoms with Crippen molar-refractivity contribution in [2.75, 3.05) is 5.32 Å². The van der Waals surface area contributed by atoms with Gasteiger partial charge in [0.1, 0.15) is 6.04 Å². The van der Waals surface area contributed by atoms with Crippen LogP contribution in [0, 0.1) is 6.92 Å². The zero-order valence-corrected chi connectivity index (χ0v) is 16.0. The molecule has 26 heavy (non-hydrogen) atoms. The van der Waals surface area contributed by atoms with Crippen LogP contribution in [-0.4, -0.2) is 11.9 Å². The molecule has 0 saturated carbocycles. The minimum absolute atomic E-state index is 0.0372. The van der Waals surface area contributed by atoms with E-state index in [1.165, 1.54) is 16.3 Å². The quantitative estimate of drug-likeness (QED) is 0.598. The minimum Gasteiger partial charge on any atom is -0.324 e. The van der Waals surface area contributed by atoms with Gasteiger partial charge in [-0.25, -0.2) is 10.9 Å². The number of halogens is 1. The van der Waals surface area contributed by atoms with Gasteiger partial charge in [0.05, 0.1) is 5.69 Å². The van der Waals surface area contributed by atoms with Crippen LogP contribution >= 0.6 is 15.9 Å². The van der Waals surface area contributed by atoms with Crippen LogP contribution in [0.25, 0.3) is 10.8 Å². The highest BCUT2D eigenvalue weighted by Crippen LogP contribution is 2.30. The van der Waals surface area contributed by atoms with E-state index < -0.39 is 0 Å². The average Bonchev–Trinajstić information content (AvgIpc) is 3.13. The molecule has 4 nitrogen and oxygen atoms in total. The van der Waals surface area contributed by atoms with Gasteiger partial charge in [-0.3, -0.25) is 4.79 Å². The normalized spacial score (nSPS) is 19.6. The molecule has 1 aliphatic heterocycles. The maximum absolute atomic E-state index is 12.7. The number of anilines is 1. The number of aryl methyl sites for hydroxylation is 1. The molecular formula is C21H20BrN3O. The van der Waals surface area contributed by atoms with E-state index >= 15 is 0 Å². The molecule has 0 aliphatic carbocycles. The molecule has 3 aromatic rings. The Balaban J connectivity index is 1.50. The Hall–Kier alpha value is -2.21. The molecule has 2 atom stereocenters. The Kier molecular flexibility index (Phi) is 4.76. The second-order valence-electron chi connectivity index (χ2n) is 6.67. The molecule has 1 saturated heterocycles. The summed E-state index contributed by atoms with van der Waals surface area (Å²) in [5.41, 5.74) is 9.57. The van der Waals surface area contributed by atoms with Gasteiger partial charge in [-0.05, 0) is 63.3 Å². The molecule has 1 aliphatic rings. The van der Waals surface area contributed by atoms with Crippen LogP contribution in [0.2, 0.25) is 0 Å². The van der Waals surface area contributed by atoms with Crippen molar-refractivity contribution in [3.8, 4) is 0 Å². The molecule has 2 unspecified atom stereocenters. The van der Waals surface area contributed by atoms with Gasteiger partial charge in [-0.15, -0.1) is 0 Å². The first-order valence-electron chi connectivity index (χ1n) is 8.67. The number of carbonyl (C=O) groups excluding carboxylic acids is 1. The van der Waals surface area contributed by atoms with Crippen LogP contribution in [0.3, 0.4) is 0 Å². The van der Waals surface area contributed by atoms with E-state index in [0.29, 0.717) is 6.42 Å². The first-order valence-corrected chi connectivity index (χ1v) is 9.47. The maximum atomic E-state index is 12.7. The molecule has 3 aromatic carbocycles. The van der Waals surface area contributed by atoms with Crippen molar-refractivity contribution < 1.29 is 4.79 Å². The Labute approximate surface area is 161 Å². The van der Waals surface area contributed by atoms with Crippen LogP contribution in [0.5, 0.6) is 0 Å². The lowest BCUT2D eigenvalue weighted by molar-refractivity contribution is -0.117. The van der Waals surface area contributed by atoms with Crippen LogP contribution < -0.4 is 16.2 Å². The molecule has 1 amide bonds. The Morgan fingerprint density at radius 2 is 1.88 bits per heavy atom. The van der Waals surface area contributed by atoms with Gasteiger partial charge in [-0.1, -0.05) is 48.5 Å². The van der Waals surface area contributed by atoms with Crippen molar-refractivity contribution in [2.24, 2.45) is 0 Å². The molecule has 4 rings (SSSR count). The fraction of sp³-hybridized carbons (Fsp3) is 0.190. The van der Waals surface area contributed by atoms with Gasteiger partial charge in [0.2, 0.25) is 5.91 Å². The monoisotopic (exact) mass is 409 g/mol. The summed E-state index contributed by atoms with van der Waals surface area (Å²) in [4.78, 5) is 12.7. The van der Waals surface area contributed by atoms with Crippen molar-refractivity contribution in [1.29, 1.82) is 0 Å². The van der Waals surface area contributed by atoms with Crippen molar-refractivity contribution in [3.63, 3.8) is 0 Å². The zero-order valence-electron chi connectivity index (χ0n) is 14.4. The van der Waals surface area contributed by atoms with Crippen molar-refractivity contribution in [2.45, 2.75) is 25.4 Å². The zero-order chi connectivity index (χ0) is 18.1. The van der Waals surface area contributed by atoms with Gasteiger partial charge >= 0.3 is 0 Å². The summed E-state index contributed by atoms with van der Waals surface area (Å²) in [7, 11) is 0. The van der Waals surface area contributed by atoms with Gasteiger partial charge in [0.25, 0.3) is 0 Å². The molecule has 1 heterocycles. The molecule has 3 N–H and O–H groups in total. The number of nitrogens with one attached hydrogen (secondary N) is 3. The number of hydrogen-bond donors (Lipinski definition) is 3. The standard InChI is InChI=1S/C21H20BrN3O/c1-13-9-10-18(17(22)11-13)23-21(26)20-12-19(24-25-20)16-8-4-6-14-5-2-3-7-15(14)16/h2-11,19-20,24-25H,12H2,1H3,(H,23,26). The molecular weight excluding hydrogens is 390 g/mol. The van der Waals surface area contributed by atoms with Crippen molar-refractivity contribution in [3.05, 3.63) is 76.3 Å². The van der Waals surface area contributed by atoms with Gasteiger partial charge in [0.15, 0.2) is 0 Å². The number of hydrazine groups is 1. The maximum Gasteiger partial charge on any atom is 0.242 e. The smallest absolute Gasteiger partial charge is 0.242 e. The van der Waals surface area contributed by atoms with E-state index in [9.17, 15) is 4.79 Å². The molecule has 132 valence electrons. The predicted molar refractivity (Wildman–Crippen MR) is 109 cm³/mol. The highest BCUT2D eigenvalue weighted by atomic mass is 79.9. The summed E-state index contributed by atoms with van der Waals surface area (Å²) >= 11 is 3.51. The highest BCUT2D eigenvalue weighted by Gasteiger charge is 2.31. The summed E-state index contributed by atoms with van der Waals surface area (Å²) in [6.45, 7) is 2.02. The van der Waals surface area contributed by atoms with Crippen LogP contribution in [0.15, 0.2) is 65.1 Å². The third-order valence-electron chi connectivity index (χ3n) is 4.80. The molecule has 0 radical (unpaired) electrons. The number of fused-ring (bicyclic) bond motifs is 1. The van der Waals surface area contributed by atoms with Crippen LogP contribution in [-0.2, 0) is 4.79 Å². The van der Waals surface area contributed by atoms with Gasteiger partial charge in [0, 0.05) is 10.5 Å². The highest BCUT2D eigenvalue weighted by molar-refractivity contribution is 9.10. The van der Waals surface area contributed by atoms with Gasteiger partial charge < -0.3 is 5.32 Å². The fourth-order valence-electron chi connectivity index (χ4n) is 3.43. The molecule has 5 heteroatoms. The van der Waals surface area contributed by atoms with Crippen molar-refractivity contribution >= 4 is 38.3 Å². The number of rotatable bonds is 3. The first kappa shape index (κ1) is 17.2. The van der Waals surface area contributed by atoms with E-state index in [4.69, 9.17) is 0 Å². The topological polar surface area (TPSA) is 53.2 Å². The fourth-order valence-corrected chi connectivity index (χ4v) is 4.02. The lowest BCUT2D eigenvalue weighted by Gasteiger charge is -2.13. The number of carbonyl (C=O) groups is 1. The van der Waals surface area contributed by atoms with Crippen LogP contribution in [0.4, 0.5) is 5.69 Å². The van der Waals surface area contributed by atoms with E-state index in [2.05, 4.69) is 62.4 Å². The lowest BCUT2D eigenvalue weighted by Crippen LogP contribution is -2.39. The van der Waals surface area contributed by atoms with E-state index in [0.717, 1.165) is 15.7 Å². The Bertz CT molecular complexity index is 967. The van der Waals surface area contributed by atoms with E-state index in [1.54, 1.807) is 0 Å². The second kappa shape index (κ2) is 7.19. The van der Waals surface area contributed by atoms with E-state index in [-0.39, 0.29) is 18.0 Å². The lowest BCUT2D eigenvalue weighted by atomic mass is 9.96. The Morgan fingerprint density at radius 3 is 2.73 bits per heavy atom. The van der Waals surface area contributed by atoms with E-state index in [1.807, 2.05) is 37.3 Å². The van der Waals surface area contributed by atoms with Gasteiger partial charge in [-0.2, -0.15) is 0 Å². The molecule has 0 spiro atoms. The average molecular weight is 410 g/mol. The largest absolute Gasteiger partial charge is 0.324 e. The summed E-state index contributed by atoms with van der Waals surface area (Å²) in [5, 5.41) is 5.43. The SMILES string of the molecule is Cc1ccc(NC(=O)C2CC(c3cccc4ccccc34)NN2)c(Br)c1. The number of benzene rings is 3. The second-order valence-corrected chi connectivity index (χ2v) is 7.52. The summed E-state index contributed by atoms with van der Waals surface area (Å²) in [5.74, 6) is -0.0372. The predicted octanol–water partition coefficient (Wildman–Crippen LogP) is 4.46. The molecule has 1 fully saturated rings. The molecule has 0 aromatic heterocycles.